The second-order valence-corrected chi connectivity index (χ2v) is 13.2. The molecule has 0 aromatic heterocycles. The molecule has 0 saturated heterocycles. The molecular formula is C35H26ClN3O6S. The van der Waals surface area contributed by atoms with Crippen molar-refractivity contribution in [2.75, 3.05) is 5.32 Å². The van der Waals surface area contributed by atoms with Crippen molar-refractivity contribution in [2.45, 2.75) is 33.9 Å². The lowest BCUT2D eigenvalue weighted by atomic mass is 9.76. The first-order chi connectivity index (χ1) is 22.3. The van der Waals surface area contributed by atoms with E-state index in [0.29, 0.717) is 33.9 Å². The molecule has 2 aliphatic rings. The third kappa shape index (κ3) is 5.44. The van der Waals surface area contributed by atoms with Crippen LogP contribution < -0.4 is 10.1 Å². The first-order valence-corrected chi connectivity index (χ1v) is 16.0. The fraction of sp³-hybridized carbons (Fsp3) is 0.171. The number of halogens is 1. The van der Waals surface area contributed by atoms with Crippen LogP contribution in [0.25, 0.3) is 10.8 Å². The molecule has 230 valence electrons. The van der Waals surface area contributed by atoms with E-state index < -0.39 is 27.2 Å². The number of esters is 1. The van der Waals surface area contributed by atoms with Crippen molar-refractivity contribution in [3.8, 4) is 5.75 Å². The number of nitro groups is 2. The van der Waals surface area contributed by atoms with Crippen molar-refractivity contribution in [3.63, 3.8) is 0 Å². The van der Waals surface area contributed by atoms with E-state index in [9.17, 15) is 25.0 Å². The van der Waals surface area contributed by atoms with Crippen LogP contribution in [0.4, 0.5) is 17.1 Å². The Labute approximate surface area is 272 Å². The Morgan fingerprint density at radius 1 is 0.848 bits per heavy atom. The third-order valence-corrected chi connectivity index (χ3v) is 10.9. The summed E-state index contributed by atoms with van der Waals surface area (Å²) in [5.74, 6) is -0.520. The topological polar surface area (TPSA) is 125 Å². The molecule has 7 rings (SSSR count). The SMILES string of the molecule is O=C(Oc1ccc2ccccc2c1)c1cccc2c1N[C@H](c1cccc([N+](=O)[O-])c1)[C@H]1C[C@@H](Sc3ccccc3[N+](=O)[O-])[C@@H](Cl)[C@H]21. The number of fused-ring (bicyclic) bond motifs is 4. The molecule has 0 radical (unpaired) electrons. The second-order valence-electron chi connectivity index (χ2n) is 11.4. The Bertz CT molecular complexity index is 2020. The quantitative estimate of drug-likeness (QED) is 0.0608. The molecular weight excluding hydrogens is 626 g/mol. The Kier molecular flexibility index (Phi) is 7.84. The van der Waals surface area contributed by atoms with Gasteiger partial charge in [-0.2, -0.15) is 0 Å². The summed E-state index contributed by atoms with van der Waals surface area (Å²) in [5.41, 5.74) is 2.37. The number of ether oxygens (including phenoxy) is 1. The van der Waals surface area contributed by atoms with Crippen molar-refractivity contribution < 1.29 is 19.4 Å². The van der Waals surface area contributed by atoms with Gasteiger partial charge in [0.05, 0.1) is 37.4 Å². The number of carbonyl (C=O) groups excluding carboxylic acids is 1. The van der Waals surface area contributed by atoms with Crippen LogP contribution in [0.1, 0.15) is 39.9 Å². The number of alkyl halides is 1. The molecule has 5 aromatic rings. The van der Waals surface area contributed by atoms with E-state index in [1.807, 2.05) is 48.5 Å². The predicted molar refractivity (Wildman–Crippen MR) is 178 cm³/mol. The molecule has 0 unspecified atom stereocenters. The maximum absolute atomic E-state index is 13.7. The summed E-state index contributed by atoms with van der Waals surface area (Å²) in [4.78, 5) is 36.9. The molecule has 1 fully saturated rings. The zero-order chi connectivity index (χ0) is 31.9. The fourth-order valence-corrected chi connectivity index (χ4v) is 8.68. The van der Waals surface area contributed by atoms with Gasteiger partial charge in [0, 0.05) is 29.4 Å². The maximum Gasteiger partial charge on any atom is 0.345 e. The summed E-state index contributed by atoms with van der Waals surface area (Å²) < 4.78 is 5.87. The summed E-state index contributed by atoms with van der Waals surface area (Å²) in [5, 5.41) is 28.3. The monoisotopic (exact) mass is 651 g/mol. The van der Waals surface area contributed by atoms with Gasteiger partial charge in [-0.1, -0.05) is 66.7 Å². The highest BCUT2D eigenvalue weighted by atomic mass is 35.5. The molecule has 5 aromatic carbocycles. The minimum atomic E-state index is -0.550. The number of anilines is 1. The molecule has 1 saturated carbocycles. The molecule has 11 heteroatoms. The van der Waals surface area contributed by atoms with Gasteiger partial charge in [0.1, 0.15) is 5.75 Å². The second kappa shape index (κ2) is 12.1. The van der Waals surface area contributed by atoms with Crippen LogP contribution in [0.15, 0.2) is 114 Å². The number of thioether (sulfide) groups is 1. The third-order valence-electron chi connectivity index (χ3n) is 8.78. The number of hydrogen-bond acceptors (Lipinski definition) is 8. The standard InChI is InChI=1S/C35H26ClN3O6S/c36-32-30(46-29-14-4-3-13-28(29)39(43)44)19-27-31(32)25-11-6-12-26(34(25)37-33(27)22-9-5-10-23(17-22)38(41)42)35(40)45-24-16-15-20-7-1-2-8-21(20)18-24/h1-18,27,30-33,37H,19H2/t27-,30+,31+,32+,33+/m0/s1. The first kappa shape index (κ1) is 29.8. The molecule has 0 spiro atoms. The normalized spacial score (nSPS) is 21.5. The van der Waals surface area contributed by atoms with Gasteiger partial charge in [-0.3, -0.25) is 20.2 Å². The van der Waals surface area contributed by atoms with Crippen LogP contribution in [-0.2, 0) is 0 Å². The van der Waals surface area contributed by atoms with E-state index in [0.717, 1.165) is 16.3 Å². The Hall–Kier alpha value is -4.93. The smallest absolute Gasteiger partial charge is 0.345 e. The maximum atomic E-state index is 13.7. The number of carbonyl (C=O) groups is 1. The number of benzene rings is 5. The number of rotatable bonds is 7. The minimum Gasteiger partial charge on any atom is -0.423 e. The first-order valence-electron chi connectivity index (χ1n) is 14.7. The van der Waals surface area contributed by atoms with Crippen molar-refractivity contribution >= 4 is 57.2 Å². The van der Waals surface area contributed by atoms with E-state index in [1.165, 1.54) is 23.9 Å². The number of para-hydroxylation sites is 2. The molecule has 9 nitrogen and oxygen atoms in total. The van der Waals surface area contributed by atoms with E-state index >= 15 is 0 Å². The van der Waals surface area contributed by atoms with Gasteiger partial charge in [0.25, 0.3) is 11.4 Å². The van der Waals surface area contributed by atoms with E-state index in [1.54, 1.807) is 48.5 Å². The van der Waals surface area contributed by atoms with Crippen LogP contribution in [0.5, 0.6) is 5.75 Å². The lowest BCUT2D eigenvalue weighted by Crippen LogP contribution is -2.32. The van der Waals surface area contributed by atoms with Crippen LogP contribution in [-0.4, -0.2) is 26.4 Å². The van der Waals surface area contributed by atoms with Crippen LogP contribution in [0.3, 0.4) is 0 Å². The average molecular weight is 652 g/mol. The minimum absolute atomic E-state index is 0.0127. The molecule has 0 bridgehead atoms. The highest BCUT2D eigenvalue weighted by Gasteiger charge is 2.51. The van der Waals surface area contributed by atoms with Gasteiger partial charge in [-0.05, 0) is 58.5 Å². The molecule has 5 atom stereocenters. The van der Waals surface area contributed by atoms with Crippen molar-refractivity contribution in [2.24, 2.45) is 5.92 Å². The van der Waals surface area contributed by atoms with Gasteiger partial charge >= 0.3 is 5.97 Å². The van der Waals surface area contributed by atoms with Gasteiger partial charge in [0.15, 0.2) is 0 Å². The zero-order valence-electron chi connectivity index (χ0n) is 24.1. The van der Waals surface area contributed by atoms with Crippen LogP contribution >= 0.6 is 23.4 Å². The van der Waals surface area contributed by atoms with E-state index in [4.69, 9.17) is 16.3 Å². The molecule has 1 aliphatic carbocycles. The van der Waals surface area contributed by atoms with Crippen molar-refractivity contribution in [3.05, 3.63) is 146 Å². The predicted octanol–water partition coefficient (Wildman–Crippen LogP) is 8.91. The lowest BCUT2D eigenvalue weighted by molar-refractivity contribution is -0.387. The molecule has 1 heterocycles. The van der Waals surface area contributed by atoms with Gasteiger partial charge in [-0.15, -0.1) is 23.4 Å². The lowest BCUT2D eigenvalue weighted by Gasteiger charge is -2.39. The van der Waals surface area contributed by atoms with Gasteiger partial charge in [0.2, 0.25) is 0 Å². The largest absolute Gasteiger partial charge is 0.423 e. The highest BCUT2D eigenvalue weighted by molar-refractivity contribution is 8.00. The van der Waals surface area contributed by atoms with Crippen LogP contribution in [0, 0.1) is 26.1 Å². The Morgan fingerprint density at radius 2 is 1.61 bits per heavy atom. The Balaban J connectivity index is 1.28. The number of hydrogen-bond donors (Lipinski definition) is 1. The summed E-state index contributed by atoms with van der Waals surface area (Å²) in [7, 11) is 0. The molecule has 1 aliphatic heterocycles. The zero-order valence-corrected chi connectivity index (χ0v) is 25.7. The molecule has 0 amide bonds. The number of nitrogens with zero attached hydrogens (tertiary/aromatic N) is 2. The van der Waals surface area contributed by atoms with Gasteiger partial charge < -0.3 is 10.1 Å². The fourth-order valence-electron chi connectivity index (χ4n) is 6.74. The summed E-state index contributed by atoms with van der Waals surface area (Å²) >= 11 is 8.64. The summed E-state index contributed by atoms with van der Waals surface area (Å²) in [6, 6.07) is 31.3. The highest BCUT2D eigenvalue weighted by Crippen LogP contribution is 2.58. The average Bonchev–Trinajstić information content (AvgIpc) is 3.39. The Morgan fingerprint density at radius 3 is 2.41 bits per heavy atom. The number of non-ortho nitro benzene ring substituents is 1. The van der Waals surface area contributed by atoms with Gasteiger partial charge in [-0.25, -0.2) is 4.79 Å². The van der Waals surface area contributed by atoms with E-state index in [-0.39, 0.29) is 28.5 Å². The summed E-state index contributed by atoms with van der Waals surface area (Å²) in [6.45, 7) is 0. The van der Waals surface area contributed by atoms with Crippen molar-refractivity contribution in [1.29, 1.82) is 0 Å². The molecule has 46 heavy (non-hydrogen) atoms. The molecule has 1 N–H and O–H groups in total. The van der Waals surface area contributed by atoms with Crippen LogP contribution in [0.2, 0.25) is 0 Å². The number of nitro benzene ring substituents is 2. The van der Waals surface area contributed by atoms with E-state index in [2.05, 4.69) is 5.32 Å². The number of nitrogens with one attached hydrogen (secondary N) is 1. The summed E-state index contributed by atoms with van der Waals surface area (Å²) in [6.07, 6.45) is 0.584. The van der Waals surface area contributed by atoms with Crippen molar-refractivity contribution in [1.82, 2.24) is 0 Å².